The third-order valence-corrected chi connectivity index (χ3v) is 6.91. The maximum absolute atomic E-state index is 12.6. The van der Waals surface area contributed by atoms with E-state index in [1.54, 1.807) is 24.3 Å². The average Bonchev–Trinajstić information content (AvgIpc) is 3.46. The molecule has 0 spiro atoms. The first-order chi connectivity index (χ1) is 19.8. The van der Waals surface area contributed by atoms with Crippen LogP contribution in [0.3, 0.4) is 0 Å². The van der Waals surface area contributed by atoms with E-state index >= 15 is 0 Å². The number of aromatic hydroxyl groups is 1. The quantitative estimate of drug-likeness (QED) is 0.172. The SMILES string of the molecule is O=C(NCc1ccc(Oc2cc(Cl)c(OCc3ccccc3)c(Cl)c2)cc1)c1ncn(-c2cc(Cl)c(O)c(Cl)c2)n1. The minimum atomic E-state index is -0.473. The number of rotatable bonds is 9. The maximum atomic E-state index is 12.6. The van der Waals surface area contributed by atoms with Gasteiger partial charge >= 0.3 is 0 Å². The monoisotopic (exact) mass is 628 g/mol. The summed E-state index contributed by atoms with van der Waals surface area (Å²) in [6, 6.07) is 23.0. The molecule has 0 aliphatic rings. The summed E-state index contributed by atoms with van der Waals surface area (Å²) in [5.41, 5.74) is 2.26. The molecule has 0 saturated heterocycles. The minimum absolute atomic E-state index is 0.0461. The highest BCUT2D eigenvalue weighted by Gasteiger charge is 2.15. The normalized spacial score (nSPS) is 10.8. The van der Waals surface area contributed by atoms with Crippen LogP contribution in [0.5, 0.6) is 23.0 Å². The molecule has 1 heterocycles. The van der Waals surface area contributed by atoms with Crippen molar-refractivity contribution in [1.82, 2.24) is 20.1 Å². The molecule has 208 valence electrons. The van der Waals surface area contributed by atoms with Gasteiger partial charge in [0.05, 0.1) is 25.8 Å². The van der Waals surface area contributed by atoms with Gasteiger partial charge in [-0.1, -0.05) is 88.9 Å². The van der Waals surface area contributed by atoms with Crippen LogP contribution in [0.4, 0.5) is 0 Å². The van der Waals surface area contributed by atoms with Crippen molar-refractivity contribution in [1.29, 1.82) is 0 Å². The Balaban J connectivity index is 1.16. The molecule has 0 radical (unpaired) electrons. The summed E-state index contributed by atoms with van der Waals surface area (Å²) >= 11 is 24.7. The molecule has 0 atom stereocenters. The minimum Gasteiger partial charge on any atom is -0.505 e. The van der Waals surface area contributed by atoms with Gasteiger partial charge in [-0.3, -0.25) is 4.79 Å². The number of phenolic OH excluding ortho intramolecular Hbond substituents is 1. The van der Waals surface area contributed by atoms with Crippen LogP contribution in [0.25, 0.3) is 5.69 Å². The van der Waals surface area contributed by atoms with Crippen molar-refractivity contribution in [2.75, 3.05) is 0 Å². The highest BCUT2D eigenvalue weighted by molar-refractivity contribution is 6.38. The van der Waals surface area contributed by atoms with Gasteiger partial charge in [0.25, 0.3) is 5.91 Å². The van der Waals surface area contributed by atoms with Gasteiger partial charge < -0.3 is 19.9 Å². The molecule has 0 aliphatic heterocycles. The standard InChI is InChI=1S/C29H20Cl4N4O4/c30-22-10-19(11-23(31)26(22)38)37-16-35-28(36-37)29(39)34-14-17-6-8-20(9-7-17)41-21-12-24(32)27(25(33)13-21)40-15-18-4-2-1-3-5-18/h1-13,16,38H,14-15H2,(H,34,39). The summed E-state index contributed by atoms with van der Waals surface area (Å²) in [7, 11) is 0. The van der Waals surface area contributed by atoms with Gasteiger partial charge in [-0.2, -0.15) is 0 Å². The molecule has 0 saturated carbocycles. The fourth-order valence-corrected chi connectivity index (χ4v) is 4.76. The molecule has 5 aromatic rings. The van der Waals surface area contributed by atoms with Gasteiger partial charge in [-0.15, -0.1) is 5.10 Å². The number of nitrogens with one attached hydrogen (secondary N) is 1. The smallest absolute Gasteiger partial charge is 0.291 e. The zero-order chi connectivity index (χ0) is 28.9. The van der Waals surface area contributed by atoms with E-state index in [4.69, 9.17) is 55.9 Å². The third kappa shape index (κ3) is 7.04. The van der Waals surface area contributed by atoms with Gasteiger partial charge in [0.1, 0.15) is 24.4 Å². The Hall–Kier alpha value is -3.95. The lowest BCUT2D eigenvalue weighted by atomic mass is 10.2. The average molecular weight is 630 g/mol. The van der Waals surface area contributed by atoms with Crippen LogP contribution >= 0.6 is 46.4 Å². The van der Waals surface area contributed by atoms with Crippen LogP contribution in [0.2, 0.25) is 20.1 Å². The van der Waals surface area contributed by atoms with Crippen molar-refractivity contribution in [3.05, 3.63) is 122 Å². The first-order valence-electron chi connectivity index (χ1n) is 12.1. The molecule has 0 unspecified atom stereocenters. The predicted octanol–water partition coefficient (Wildman–Crippen LogP) is 7.89. The van der Waals surface area contributed by atoms with Crippen LogP contribution in [-0.2, 0) is 13.2 Å². The zero-order valence-corrected chi connectivity index (χ0v) is 24.0. The Labute approximate surface area is 255 Å². The lowest BCUT2D eigenvalue weighted by molar-refractivity contribution is 0.0940. The number of halogens is 4. The summed E-state index contributed by atoms with van der Waals surface area (Å²) < 4.78 is 13.0. The van der Waals surface area contributed by atoms with Crippen molar-refractivity contribution < 1.29 is 19.4 Å². The number of carbonyl (C=O) groups excluding carboxylic acids is 1. The maximum Gasteiger partial charge on any atom is 0.291 e. The Morgan fingerprint density at radius 1 is 0.829 bits per heavy atom. The number of benzene rings is 4. The molecule has 0 aliphatic carbocycles. The van der Waals surface area contributed by atoms with Crippen molar-refractivity contribution >= 4 is 52.3 Å². The van der Waals surface area contributed by atoms with Crippen LogP contribution < -0.4 is 14.8 Å². The van der Waals surface area contributed by atoms with Crippen LogP contribution in [0.1, 0.15) is 21.7 Å². The van der Waals surface area contributed by atoms with E-state index in [9.17, 15) is 9.90 Å². The van der Waals surface area contributed by atoms with Gasteiger partial charge in [-0.05, 0) is 35.4 Å². The van der Waals surface area contributed by atoms with Gasteiger partial charge in [0.2, 0.25) is 5.82 Å². The van der Waals surface area contributed by atoms with E-state index in [-0.39, 0.29) is 28.2 Å². The Morgan fingerprint density at radius 3 is 2.15 bits per heavy atom. The molecule has 5 rings (SSSR count). The molecule has 4 aromatic carbocycles. The van der Waals surface area contributed by atoms with Crippen molar-refractivity contribution in [2.45, 2.75) is 13.2 Å². The molecular formula is C29H20Cl4N4O4. The van der Waals surface area contributed by atoms with E-state index < -0.39 is 5.91 Å². The zero-order valence-electron chi connectivity index (χ0n) is 21.0. The number of ether oxygens (including phenoxy) is 2. The van der Waals surface area contributed by atoms with E-state index in [0.29, 0.717) is 39.6 Å². The summed E-state index contributed by atoms with van der Waals surface area (Å²) in [4.78, 5) is 16.6. The molecule has 1 amide bonds. The second kappa shape index (κ2) is 12.7. The Bertz CT molecular complexity index is 1650. The Morgan fingerprint density at radius 2 is 1.49 bits per heavy atom. The first-order valence-corrected chi connectivity index (χ1v) is 13.6. The van der Waals surface area contributed by atoms with Gasteiger partial charge in [-0.25, -0.2) is 9.67 Å². The molecular weight excluding hydrogens is 610 g/mol. The number of nitrogens with zero attached hydrogens (tertiary/aromatic N) is 3. The molecule has 12 heteroatoms. The lowest BCUT2D eigenvalue weighted by Gasteiger charge is -2.13. The van der Waals surface area contributed by atoms with Crippen LogP contribution in [0, 0.1) is 0 Å². The number of aromatic nitrogens is 3. The molecule has 8 nitrogen and oxygen atoms in total. The van der Waals surface area contributed by atoms with Gasteiger partial charge in [0, 0.05) is 18.7 Å². The largest absolute Gasteiger partial charge is 0.505 e. The summed E-state index contributed by atoms with van der Waals surface area (Å²) in [6.45, 7) is 0.564. The highest BCUT2D eigenvalue weighted by Crippen LogP contribution is 2.39. The summed E-state index contributed by atoms with van der Waals surface area (Å²) in [6.07, 6.45) is 1.35. The topological polar surface area (TPSA) is 98.5 Å². The van der Waals surface area contributed by atoms with E-state index in [1.165, 1.54) is 23.1 Å². The summed E-state index contributed by atoms with van der Waals surface area (Å²) in [5, 5.41) is 17.4. The second-order valence-electron chi connectivity index (χ2n) is 8.69. The first kappa shape index (κ1) is 28.6. The number of hydrogen-bond acceptors (Lipinski definition) is 6. The van der Waals surface area contributed by atoms with Crippen LogP contribution in [0.15, 0.2) is 85.2 Å². The van der Waals surface area contributed by atoms with E-state index in [0.717, 1.165) is 11.1 Å². The van der Waals surface area contributed by atoms with Crippen molar-refractivity contribution in [3.8, 4) is 28.7 Å². The Kier molecular flexibility index (Phi) is 8.85. The number of amides is 1. The van der Waals surface area contributed by atoms with Gasteiger partial charge in [0.15, 0.2) is 11.5 Å². The third-order valence-electron chi connectivity index (χ3n) is 5.77. The molecule has 0 fully saturated rings. The molecule has 2 N–H and O–H groups in total. The predicted molar refractivity (Wildman–Crippen MR) is 158 cm³/mol. The van der Waals surface area contributed by atoms with Crippen molar-refractivity contribution in [3.63, 3.8) is 0 Å². The summed E-state index contributed by atoms with van der Waals surface area (Å²) in [5.74, 6) is 0.628. The van der Waals surface area contributed by atoms with Crippen molar-refractivity contribution in [2.24, 2.45) is 0 Å². The second-order valence-corrected chi connectivity index (χ2v) is 10.3. The molecule has 41 heavy (non-hydrogen) atoms. The molecule has 1 aromatic heterocycles. The fraction of sp³-hybridized carbons (Fsp3) is 0.0690. The highest BCUT2D eigenvalue weighted by atomic mass is 35.5. The lowest BCUT2D eigenvalue weighted by Crippen LogP contribution is -2.24. The molecule has 0 bridgehead atoms. The number of phenols is 1. The fourth-order valence-electron chi connectivity index (χ4n) is 3.71. The number of hydrogen-bond donors (Lipinski definition) is 2. The van der Waals surface area contributed by atoms with E-state index in [2.05, 4.69) is 15.4 Å². The number of carbonyl (C=O) groups is 1. The van der Waals surface area contributed by atoms with Crippen LogP contribution in [-0.4, -0.2) is 25.8 Å². The van der Waals surface area contributed by atoms with E-state index in [1.807, 2.05) is 42.5 Å².